The lowest BCUT2D eigenvalue weighted by Gasteiger charge is -2.36. The lowest BCUT2D eigenvalue weighted by molar-refractivity contribution is -0.123. The van der Waals surface area contributed by atoms with Crippen LogP contribution in [0.2, 0.25) is 5.02 Å². The Balaban J connectivity index is 2.24. The Morgan fingerprint density at radius 1 is 1.53 bits per heavy atom. The number of halogens is 1. The quantitative estimate of drug-likeness (QED) is 0.845. The van der Waals surface area contributed by atoms with E-state index in [0.717, 1.165) is 12.2 Å². The molecule has 4 nitrogen and oxygen atoms in total. The predicted octanol–water partition coefficient (Wildman–Crippen LogP) is 0.994. The van der Waals surface area contributed by atoms with Crippen molar-refractivity contribution in [2.75, 3.05) is 24.5 Å². The summed E-state index contributed by atoms with van der Waals surface area (Å²) in [6.45, 7) is 1.94. The number of nitrogens with one attached hydrogen (secondary N) is 1. The van der Waals surface area contributed by atoms with Gasteiger partial charge in [-0.15, -0.1) is 0 Å². The van der Waals surface area contributed by atoms with E-state index in [1.165, 1.54) is 0 Å². The van der Waals surface area contributed by atoms with Crippen molar-refractivity contribution in [2.24, 2.45) is 5.73 Å². The van der Waals surface area contributed by atoms with Crippen LogP contribution in [0, 0.1) is 0 Å². The average Bonchev–Trinajstić information content (AvgIpc) is 2.32. The average molecular weight is 254 g/mol. The van der Waals surface area contributed by atoms with Crippen molar-refractivity contribution in [3.05, 3.63) is 29.3 Å². The van der Waals surface area contributed by atoms with Gasteiger partial charge in [0.1, 0.15) is 6.04 Å². The minimum atomic E-state index is -0.188. The molecule has 92 valence electrons. The monoisotopic (exact) mass is 253 g/mol. The lowest BCUT2D eigenvalue weighted by atomic mass is 10.1. The van der Waals surface area contributed by atoms with Crippen LogP contribution in [0.15, 0.2) is 24.3 Å². The summed E-state index contributed by atoms with van der Waals surface area (Å²) in [4.78, 5) is 13.9. The largest absolute Gasteiger partial charge is 0.358 e. The van der Waals surface area contributed by atoms with Crippen molar-refractivity contribution >= 4 is 23.2 Å². The van der Waals surface area contributed by atoms with E-state index >= 15 is 0 Å². The van der Waals surface area contributed by atoms with Crippen molar-refractivity contribution in [3.63, 3.8) is 0 Å². The van der Waals surface area contributed by atoms with Crippen LogP contribution in [-0.2, 0) is 4.79 Å². The van der Waals surface area contributed by atoms with Gasteiger partial charge in [-0.05, 0) is 31.2 Å². The highest BCUT2D eigenvalue weighted by atomic mass is 35.5. The van der Waals surface area contributed by atoms with Gasteiger partial charge in [0.2, 0.25) is 5.91 Å². The molecule has 1 saturated heterocycles. The van der Waals surface area contributed by atoms with E-state index in [2.05, 4.69) is 10.2 Å². The molecule has 1 aliphatic heterocycles. The maximum absolute atomic E-state index is 11.8. The molecule has 2 rings (SSSR count). The Kier molecular flexibility index (Phi) is 3.86. The first kappa shape index (κ1) is 12.2. The summed E-state index contributed by atoms with van der Waals surface area (Å²) in [5.41, 5.74) is 6.54. The molecule has 1 aromatic rings. The van der Waals surface area contributed by atoms with Crippen LogP contribution < -0.4 is 16.0 Å². The number of amides is 1. The maximum Gasteiger partial charge on any atom is 0.242 e. The van der Waals surface area contributed by atoms with Crippen LogP contribution in [-0.4, -0.2) is 31.6 Å². The number of carbonyl (C=O) groups excluding carboxylic acids is 1. The molecular formula is C12H16ClN3O. The fraction of sp³-hybridized carbons (Fsp3) is 0.417. The van der Waals surface area contributed by atoms with Gasteiger partial charge in [0.05, 0.1) is 0 Å². The first-order valence-electron chi connectivity index (χ1n) is 5.72. The summed E-state index contributed by atoms with van der Waals surface area (Å²) in [6.07, 6.45) is 0.651. The highest BCUT2D eigenvalue weighted by Crippen LogP contribution is 2.23. The van der Waals surface area contributed by atoms with E-state index in [-0.39, 0.29) is 11.9 Å². The van der Waals surface area contributed by atoms with Crippen LogP contribution in [0.4, 0.5) is 5.69 Å². The SMILES string of the molecule is NCCC1C(=O)NCCN1c1cccc(Cl)c1. The smallest absolute Gasteiger partial charge is 0.242 e. The maximum atomic E-state index is 11.8. The molecule has 5 heteroatoms. The highest BCUT2D eigenvalue weighted by molar-refractivity contribution is 6.30. The minimum Gasteiger partial charge on any atom is -0.358 e. The van der Waals surface area contributed by atoms with E-state index < -0.39 is 0 Å². The van der Waals surface area contributed by atoms with Gasteiger partial charge < -0.3 is 16.0 Å². The summed E-state index contributed by atoms with van der Waals surface area (Å²) in [5, 5.41) is 3.54. The van der Waals surface area contributed by atoms with Crippen LogP contribution in [0.5, 0.6) is 0 Å². The van der Waals surface area contributed by atoms with Crippen molar-refractivity contribution in [3.8, 4) is 0 Å². The highest BCUT2D eigenvalue weighted by Gasteiger charge is 2.28. The number of nitrogens with two attached hydrogens (primary N) is 1. The molecule has 1 heterocycles. The molecule has 0 aromatic heterocycles. The third kappa shape index (κ3) is 2.70. The molecule has 3 N–H and O–H groups in total. The Labute approximate surface area is 106 Å². The van der Waals surface area contributed by atoms with Gasteiger partial charge in [-0.1, -0.05) is 17.7 Å². The fourth-order valence-electron chi connectivity index (χ4n) is 2.12. The number of hydrogen-bond acceptors (Lipinski definition) is 3. The van der Waals surface area contributed by atoms with Crippen molar-refractivity contribution in [1.82, 2.24) is 5.32 Å². The van der Waals surface area contributed by atoms with E-state index in [0.29, 0.717) is 24.5 Å². The van der Waals surface area contributed by atoms with Crippen molar-refractivity contribution in [1.29, 1.82) is 0 Å². The van der Waals surface area contributed by atoms with Crippen LogP contribution in [0.25, 0.3) is 0 Å². The number of nitrogens with zero attached hydrogens (tertiary/aromatic N) is 1. The Hall–Kier alpha value is -1.26. The molecule has 17 heavy (non-hydrogen) atoms. The number of hydrogen-bond donors (Lipinski definition) is 2. The second kappa shape index (κ2) is 5.38. The Bertz CT molecular complexity index is 410. The van der Waals surface area contributed by atoms with E-state index in [1.54, 1.807) is 0 Å². The number of rotatable bonds is 3. The molecule has 0 aliphatic carbocycles. The minimum absolute atomic E-state index is 0.0432. The molecule has 1 aromatic carbocycles. The summed E-state index contributed by atoms with van der Waals surface area (Å²) >= 11 is 5.97. The van der Waals surface area contributed by atoms with Gasteiger partial charge >= 0.3 is 0 Å². The summed E-state index contributed by atoms with van der Waals surface area (Å²) < 4.78 is 0. The van der Waals surface area contributed by atoms with Gasteiger partial charge in [0.15, 0.2) is 0 Å². The van der Waals surface area contributed by atoms with Crippen molar-refractivity contribution in [2.45, 2.75) is 12.5 Å². The molecular weight excluding hydrogens is 238 g/mol. The topological polar surface area (TPSA) is 58.4 Å². The Morgan fingerprint density at radius 2 is 2.35 bits per heavy atom. The predicted molar refractivity (Wildman–Crippen MR) is 69.3 cm³/mol. The van der Waals surface area contributed by atoms with Gasteiger partial charge in [-0.25, -0.2) is 0 Å². The van der Waals surface area contributed by atoms with Crippen LogP contribution in [0.3, 0.4) is 0 Å². The zero-order valence-corrected chi connectivity index (χ0v) is 10.3. The molecule has 0 bridgehead atoms. The molecule has 1 amide bonds. The molecule has 1 unspecified atom stereocenters. The number of anilines is 1. The van der Waals surface area contributed by atoms with Gasteiger partial charge in [-0.2, -0.15) is 0 Å². The van der Waals surface area contributed by atoms with Crippen molar-refractivity contribution < 1.29 is 4.79 Å². The third-order valence-electron chi connectivity index (χ3n) is 2.91. The van der Waals surface area contributed by atoms with E-state index in [4.69, 9.17) is 17.3 Å². The zero-order valence-electron chi connectivity index (χ0n) is 9.53. The summed E-state index contributed by atoms with van der Waals surface area (Å²) in [7, 11) is 0. The molecule has 1 atom stereocenters. The lowest BCUT2D eigenvalue weighted by Crippen LogP contribution is -2.56. The number of benzene rings is 1. The van der Waals surface area contributed by atoms with Crippen LogP contribution in [0.1, 0.15) is 6.42 Å². The number of piperazine rings is 1. The standard InChI is InChI=1S/C12H16ClN3O/c13-9-2-1-3-10(8-9)16-7-6-15-12(17)11(16)4-5-14/h1-3,8,11H,4-7,14H2,(H,15,17). The number of carbonyl (C=O) groups is 1. The first-order valence-corrected chi connectivity index (χ1v) is 6.10. The molecule has 0 saturated carbocycles. The first-order chi connectivity index (χ1) is 8.22. The molecule has 1 aliphatic rings. The van der Waals surface area contributed by atoms with Gasteiger partial charge in [-0.3, -0.25) is 4.79 Å². The van der Waals surface area contributed by atoms with Crippen LogP contribution >= 0.6 is 11.6 Å². The van der Waals surface area contributed by atoms with Gasteiger partial charge in [0.25, 0.3) is 0 Å². The van der Waals surface area contributed by atoms with E-state index in [9.17, 15) is 4.79 Å². The van der Waals surface area contributed by atoms with E-state index in [1.807, 2.05) is 24.3 Å². The molecule has 0 radical (unpaired) electrons. The fourth-order valence-corrected chi connectivity index (χ4v) is 2.31. The second-order valence-electron chi connectivity index (χ2n) is 4.06. The normalized spacial score (nSPS) is 20.2. The molecule has 0 spiro atoms. The third-order valence-corrected chi connectivity index (χ3v) is 3.15. The van der Waals surface area contributed by atoms with Gasteiger partial charge in [0, 0.05) is 23.8 Å². The summed E-state index contributed by atoms with van der Waals surface area (Å²) in [6, 6.07) is 7.38. The second-order valence-corrected chi connectivity index (χ2v) is 4.49. The Morgan fingerprint density at radius 3 is 3.06 bits per heavy atom. The zero-order chi connectivity index (χ0) is 12.3. The summed E-state index contributed by atoms with van der Waals surface area (Å²) in [5.74, 6) is 0.0432. The molecule has 1 fully saturated rings.